The molecule has 2 atom stereocenters. The molecule has 4 rings (SSSR count). The van der Waals surface area contributed by atoms with Crippen LogP contribution in [0.5, 0.6) is 0 Å². The molecule has 8 heteroatoms. The monoisotopic (exact) mass is 394 g/mol. The first-order chi connectivity index (χ1) is 12.3. The number of halogens is 1. The largest absolute Gasteiger partial charge is 0.468 e. The maximum absolute atomic E-state index is 12.9. The van der Waals surface area contributed by atoms with Crippen molar-refractivity contribution in [3.8, 4) is 0 Å². The van der Waals surface area contributed by atoms with Crippen molar-refractivity contribution in [3.63, 3.8) is 0 Å². The first-order valence-corrected chi connectivity index (χ1v) is 10.6. The van der Waals surface area contributed by atoms with Gasteiger partial charge in [-0.25, -0.2) is 8.42 Å². The van der Waals surface area contributed by atoms with Crippen molar-refractivity contribution in [2.75, 3.05) is 23.0 Å². The molecule has 2 aliphatic rings. The highest BCUT2D eigenvalue weighted by Crippen LogP contribution is 2.34. The van der Waals surface area contributed by atoms with Gasteiger partial charge in [0.05, 0.1) is 36.9 Å². The van der Waals surface area contributed by atoms with Crippen molar-refractivity contribution < 1.29 is 17.6 Å². The van der Waals surface area contributed by atoms with Gasteiger partial charge in [-0.1, -0.05) is 17.7 Å². The average molecular weight is 395 g/mol. The van der Waals surface area contributed by atoms with Gasteiger partial charge < -0.3 is 9.32 Å². The van der Waals surface area contributed by atoms with Crippen LogP contribution in [0.25, 0.3) is 0 Å². The summed E-state index contributed by atoms with van der Waals surface area (Å²) in [5.41, 5.74) is 1.56. The molecule has 0 unspecified atom stereocenters. The van der Waals surface area contributed by atoms with E-state index in [-0.39, 0.29) is 30.0 Å². The minimum atomic E-state index is -3.22. The van der Waals surface area contributed by atoms with Crippen LogP contribution in [-0.2, 0) is 21.2 Å². The van der Waals surface area contributed by atoms with Crippen LogP contribution in [0.15, 0.2) is 41.0 Å². The van der Waals surface area contributed by atoms with Gasteiger partial charge in [0.2, 0.25) is 5.91 Å². The lowest BCUT2D eigenvalue weighted by atomic mass is 10.0. The molecule has 3 heterocycles. The summed E-state index contributed by atoms with van der Waals surface area (Å²) in [7, 11) is -3.22. The number of fused-ring (bicyclic) bond motifs is 1. The van der Waals surface area contributed by atoms with Crippen LogP contribution in [0.4, 0.5) is 5.69 Å². The summed E-state index contributed by atoms with van der Waals surface area (Å²) in [5, 5.41) is 0.561. The number of hydrogen-bond donors (Lipinski definition) is 0. The van der Waals surface area contributed by atoms with Crippen molar-refractivity contribution in [1.82, 2.24) is 4.90 Å². The molecule has 0 bridgehead atoms. The number of rotatable bonds is 3. The van der Waals surface area contributed by atoms with Crippen molar-refractivity contribution in [2.45, 2.75) is 25.6 Å². The fourth-order valence-corrected chi connectivity index (χ4v) is 5.96. The van der Waals surface area contributed by atoms with Gasteiger partial charge in [0, 0.05) is 16.8 Å². The molecule has 0 aliphatic carbocycles. The zero-order valence-corrected chi connectivity index (χ0v) is 15.8. The van der Waals surface area contributed by atoms with Crippen LogP contribution in [0.1, 0.15) is 11.3 Å². The van der Waals surface area contributed by atoms with E-state index in [1.807, 2.05) is 30.0 Å². The molecule has 2 aliphatic heterocycles. The van der Waals surface area contributed by atoms with Gasteiger partial charge in [-0.2, -0.15) is 0 Å². The van der Waals surface area contributed by atoms with E-state index in [2.05, 4.69) is 0 Å². The summed E-state index contributed by atoms with van der Waals surface area (Å²) < 4.78 is 30.0. The molecule has 2 saturated heterocycles. The number of hydrogen-bond acceptors (Lipinski definition) is 5. The summed E-state index contributed by atoms with van der Waals surface area (Å²) in [6.07, 6.45) is 1.57. The van der Waals surface area contributed by atoms with E-state index >= 15 is 0 Å². The third-order valence-corrected chi connectivity index (χ3v) is 7.18. The zero-order valence-electron chi connectivity index (χ0n) is 14.3. The maximum atomic E-state index is 12.9. The normalized spacial score (nSPS) is 25.5. The summed E-state index contributed by atoms with van der Waals surface area (Å²) in [6.45, 7) is 2.44. The second kappa shape index (κ2) is 6.40. The average Bonchev–Trinajstić information content (AvgIpc) is 3.17. The minimum absolute atomic E-state index is 0.0381. The van der Waals surface area contributed by atoms with Crippen LogP contribution in [0.2, 0.25) is 5.02 Å². The maximum Gasteiger partial charge on any atom is 0.241 e. The Hall–Kier alpha value is -1.83. The Morgan fingerprint density at radius 2 is 2.00 bits per heavy atom. The van der Waals surface area contributed by atoms with Gasteiger partial charge >= 0.3 is 0 Å². The number of nitrogens with zero attached hydrogens (tertiary/aromatic N) is 2. The SMILES string of the molecule is Cc1ccc(N2C(=O)CN(Cc3ccco3)[C@H]3CS(=O)(=O)C[C@H]32)cc1Cl. The van der Waals surface area contributed by atoms with Crippen molar-refractivity contribution in [3.05, 3.63) is 52.9 Å². The second-order valence-electron chi connectivity index (χ2n) is 6.89. The number of amides is 1. The lowest BCUT2D eigenvalue weighted by Gasteiger charge is -2.43. The molecule has 0 N–H and O–H groups in total. The summed E-state index contributed by atoms with van der Waals surface area (Å²) in [4.78, 5) is 16.4. The van der Waals surface area contributed by atoms with E-state index in [1.54, 1.807) is 23.3 Å². The number of anilines is 1. The number of aryl methyl sites for hydroxylation is 1. The third-order valence-electron chi connectivity index (χ3n) is 5.07. The topological polar surface area (TPSA) is 70.8 Å². The van der Waals surface area contributed by atoms with E-state index in [4.69, 9.17) is 16.0 Å². The number of carbonyl (C=O) groups is 1. The highest BCUT2D eigenvalue weighted by molar-refractivity contribution is 7.91. The summed E-state index contributed by atoms with van der Waals surface area (Å²) >= 11 is 6.22. The Morgan fingerprint density at radius 1 is 1.23 bits per heavy atom. The minimum Gasteiger partial charge on any atom is -0.468 e. The van der Waals surface area contributed by atoms with E-state index in [0.717, 1.165) is 5.56 Å². The zero-order chi connectivity index (χ0) is 18.5. The number of sulfone groups is 1. The Kier molecular flexibility index (Phi) is 4.33. The molecule has 138 valence electrons. The number of furan rings is 1. The van der Waals surface area contributed by atoms with Crippen LogP contribution in [0.3, 0.4) is 0 Å². The van der Waals surface area contributed by atoms with Crippen molar-refractivity contribution >= 4 is 33.0 Å². The first kappa shape index (κ1) is 17.6. The molecule has 1 aromatic carbocycles. The van der Waals surface area contributed by atoms with Crippen molar-refractivity contribution in [2.24, 2.45) is 0 Å². The smallest absolute Gasteiger partial charge is 0.241 e. The highest BCUT2D eigenvalue weighted by Gasteiger charge is 2.49. The molecule has 2 aromatic rings. The van der Waals surface area contributed by atoms with E-state index in [1.165, 1.54) is 0 Å². The van der Waals surface area contributed by atoms with Crippen LogP contribution < -0.4 is 4.90 Å². The molecular weight excluding hydrogens is 376 g/mol. The molecule has 26 heavy (non-hydrogen) atoms. The van der Waals surface area contributed by atoms with Gasteiger partial charge in [0.25, 0.3) is 0 Å². The van der Waals surface area contributed by atoms with E-state index in [0.29, 0.717) is 23.0 Å². The summed E-state index contributed by atoms with van der Waals surface area (Å²) in [6, 6.07) is 8.33. The van der Waals surface area contributed by atoms with Gasteiger partial charge in [-0.15, -0.1) is 0 Å². The predicted molar refractivity (Wildman–Crippen MR) is 99.0 cm³/mol. The quantitative estimate of drug-likeness (QED) is 0.798. The van der Waals surface area contributed by atoms with E-state index in [9.17, 15) is 13.2 Å². The third kappa shape index (κ3) is 3.15. The number of piperazine rings is 1. The summed E-state index contributed by atoms with van der Waals surface area (Å²) in [5.74, 6) is 0.591. The lowest BCUT2D eigenvalue weighted by Crippen LogP contribution is -2.61. The molecule has 0 spiro atoms. The molecule has 2 fully saturated rings. The lowest BCUT2D eigenvalue weighted by molar-refractivity contribution is -0.123. The van der Waals surface area contributed by atoms with Gasteiger partial charge in [0.1, 0.15) is 5.76 Å². The van der Waals surface area contributed by atoms with Crippen molar-refractivity contribution in [1.29, 1.82) is 0 Å². The first-order valence-electron chi connectivity index (χ1n) is 8.39. The molecule has 1 amide bonds. The Balaban J connectivity index is 1.69. The van der Waals surface area contributed by atoms with Gasteiger partial charge in [0.15, 0.2) is 9.84 Å². The molecule has 1 aromatic heterocycles. The second-order valence-corrected chi connectivity index (χ2v) is 9.45. The Morgan fingerprint density at radius 3 is 2.69 bits per heavy atom. The number of benzene rings is 1. The van der Waals surface area contributed by atoms with E-state index < -0.39 is 15.9 Å². The fourth-order valence-electron chi connectivity index (χ4n) is 3.80. The predicted octanol–water partition coefficient (Wildman–Crippen LogP) is 2.26. The number of carbonyl (C=O) groups excluding carboxylic acids is 1. The Labute approximate surface area is 157 Å². The highest BCUT2D eigenvalue weighted by atomic mass is 35.5. The van der Waals surface area contributed by atoms with Crippen LogP contribution in [0, 0.1) is 6.92 Å². The van der Waals surface area contributed by atoms with Crippen LogP contribution in [-0.4, -0.2) is 49.4 Å². The fraction of sp³-hybridized carbons (Fsp3) is 0.389. The molecular formula is C18H19ClN2O4S. The standard InChI is InChI=1S/C18H19ClN2O4S/c1-12-4-5-13(7-15(12)19)21-17-11-26(23,24)10-16(17)20(9-18(21)22)8-14-3-2-6-25-14/h2-7,16-17H,8-11H2,1H3/t16-,17+/m0/s1. The molecule has 0 radical (unpaired) electrons. The van der Waals surface area contributed by atoms with Gasteiger partial charge in [-0.3, -0.25) is 9.69 Å². The molecule has 0 saturated carbocycles. The Bertz CT molecular complexity index is 942. The van der Waals surface area contributed by atoms with Crippen LogP contribution >= 0.6 is 11.6 Å². The van der Waals surface area contributed by atoms with Gasteiger partial charge in [-0.05, 0) is 36.8 Å². The molecule has 6 nitrogen and oxygen atoms in total.